The monoisotopic (exact) mass is 303 g/mol. The van der Waals surface area contributed by atoms with Crippen LogP contribution in [-0.4, -0.2) is 18.3 Å². The Kier molecular flexibility index (Phi) is 5.57. The molecular formula is C18H25NOS. The highest BCUT2D eigenvalue weighted by Crippen LogP contribution is 2.34. The molecule has 0 bridgehead atoms. The molecule has 1 unspecified atom stereocenters. The molecule has 2 nitrogen and oxygen atoms in total. The first-order valence-electron chi connectivity index (χ1n) is 7.45. The molecule has 0 radical (unpaired) electrons. The van der Waals surface area contributed by atoms with Crippen LogP contribution in [0.15, 0.2) is 42.5 Å². The molecule has 0 saturated carbocycles. The Morgan fingerprint density at radius 3 is 2.43 bits per heavy atom. The summed E-state index contributed by atoms with van der Waals surface area (Å²) >= 11 is 1.84. The van der Waals surface area contributed by atoms with E-state index in [1.54, 1.807) is 0 Å². The summed E-state index contributed by atoms with van der Waals surface area (Å²) in [4.78, 5) is 2.71. The molecule has 0 aliphatic heterocycles. The van der Waals surface area contributed by atoms with E-state index >= 15 is 0 Å². The molecule has 1 atom stereocenters. The van der Waals surface area contributed by atoms with Gasteiger partial charge in [0.25, 0.3) is 0 Å². The maximum Gasteiger partial charge on any atom is 0.0488 e. The van der Waals surface area contributed by atoms with E-state index in [0.29, 0.717) is 5.92 Å². The highest BCUT2D eigenvalue weighted by atomic mass is 32.1. The Balaban J connectivity index is 2.03. The molecule has 21 heavy (non-hydrogen) atoms. The first kappa shape index (κ1) is 16.2. The zero-order valence-electron chi connectivity index (χ0n) is 13.1. The van der Waals surface area contributed by atoms with Crippen LogP contribution in [0.4, 0.5) is 0 Å². The topological polar surface area (TPSA) is 32.3 Å². The minimum absolute atomic E-state index is 0.139. The molecule has 1 heterocycles. The number of benzene rings is 1. The van der Waals surface area contributed by atoms with Gasteiger partial charge in [-0.1, -0.05) is 44.2 Å². The number of hydrogen-bond acceptors (Lipinski definition) is 3. The average Bonchev–Trinajstić information content (AvgIpc) is 2.90. The van der Waals surface area contributed by atoms with E-state index in [4.69, 9.17) is 0 Å². The Morgan fingerprint density at radius 2 is 1.86 bits per heavy atom. The zero-order chi connectivity index (χ0) is 15.3. The summed E-state index contributed by atoms with van der Waals surface area (Å²) in [6, 6.07) is 14.8. The van der Waals surface area contributed by atoms with Crippen molar-refractivity contribution in [1.29, 1.82) is 0 Å². The molecule has 114 valence electrons. The van der Waals surface area contributed by atoms with Crippen molar-refractivity contribution in [2.75, 3.05) is 13.2 Å². The van der Waals surface area contributed by atoms with E-state index in [1.165, 1.54) is 15.3 Å². The molecular weight excluding hydrogens is 278 g/mol. The zero-order valence-corrected chi connectivity index (χ0v) is 13.9. The second-order valence-corrected chi connectivity index (χ2v) is 7.63. The number of aryl methyl sites for hydroxylation is 1. The molecule has 0 saturated heterocycles. The van der Waals surface area contributed by atoms with Gasteiger partial charge in [-0.05, 0) is 30.0 Å². The minimum atomic E-state index is -0.139. The summed E-state index contributed by atoms with van der Waals surface area (Å²) in [7, 11) is 0. The highest BCUT2D eigenvalue weighted by Gasteiger charge is 2.29. The predicted molar refractivity (Wildman–Crippen MR) is 90.8 cm³/mol. The van der Waals surface area contributed by atoms with Crippen molar-refractivity contribution in [1.82, 2.24) is 5.32 Å². The fourth-order valence-corrected chi connectivity index (χ4v) is 3.42. The van der Waals surface area contributed by atoms with E-state index in [-0.39, 0.29) is 12.0 Å². The van der Waals surface area contributed by atoms with Crippen molar-refractivity contribution in [2.45, 2.75) is 33.2 Å². The van der Waals surface area contributed by atoms with Gasteiger partial charge in [0, 0.05) is 35.4 Å². The van der Waals surface area contributed by atoms with E-state index in [0.717, 1.165) is 13.1 Å². The molecule has 3 heteroatoms. The maximum atomic E-state index is 9.72. The van der Waals surface area contributed by atoms with Gasteiger partial charge in [0.2, 0.25) is 0 Å². The molecule has 0 aliphatic rings. The first-order chi connectivity index (χ1) is 10.0. The third kappa shape index (κ3) is 4.40. The summed E-state index contributed by atoms with van der Waals surface area (Å²) in [5.74, 6) is 0.296. The van der Waals surface area contributed by atoms with E-state index in [1.807, 2.05) is 17.4 Å². The van der Waals surface area contributed by atoms with Crippen LogP contribution in [0.5, 0.6) is 0 Å². The largest absolute Gasteiger partial charge is 0.396 e. The fraction of sp³-hybridized carbons (Fsp3) is 0.444. The van der Waals surface area contributed by atoms with Crippen LogP contribution in [-0.2, 0) is 6.54 Å². The molecule has 0 aliphatic carbocycles. The smallest absolute Gasteiger partial charge is 0.0488 e. The Morgan fingerprint density at radius 1 is 1.14 bits per heavy atom. The number of rotatable bonds is 7. The number of hydrogen-bond donors (Lipinski definition) is 2. The van der Waals surface area contributed by atoms with Gasteiger partial charge in [-0.25, -0.2) is 0 Å². The van der Waals surface area contributed by atoms with E-state index in [2.05, 4.69) is 62.5 Å². The standard InChI is InChI=1S/C18H25NOS/c1-14-9-10-16(21-14)11-19-12-17(18(2,3)13-20)15-7-5-4-6-8-15/h4-10,17,19-20H,11-13H2,1-3H3. The Labute approximate surface area is 131 Å². The maximum absolute atomic E-state index is 9.72. The van der Waals surface area contributed by atoms with E-state index in [9.17, 15) is 5.11 Å². The summed E-state index contributed by atoms with van der Waals surface area (Å²) < 4.78 is 0. The number of aliphatic hydroxyl groups is 1. The highest BCUT2D eigenvalue weighted by molar-refractivity contribution is 7.11. The van der Waals surface area contributed by atoms with Crippen LogP contribution < -0.4 is 5.32 Å². The lowest BCUT2D eigenvalue weighted by atomic mass is 9.75. The SMILES string of the molecule is Cc1ccc(CNCC(c2ccccc2)C(C)(C)CO)s1. The fourth-order valence-electron chi connectivity index (χ4n) is 2.56. The lowest BCUT2D eigenvalue weighted by Crippen LogP contribution is -2.34. The third-order valence-electron chi connectivity index (χ3n) is 4.00. The Hall–Kier alpha value is -1.16. The summed E-state index contributed by atoms with van der Waals surface area (Å²) in [6.07, 6.45) is 0. The predicted octanol–water partition coefficient (Wildman–Crippen LogP) is 3.95. The molecule has 2 N–H and O–H groups in total. The molecule has 0 fully saturated rings. The molecule has 2 aromatic rings. The summed E-state index contributed by atoms with van der Waals surface area (Å²) in [5.41, 5.74) is 1.14. The van der Waals surface area contributed by atoms with Crippen molar-refractivity contribution in [2.24, 2.45) is 5.41 Å². The van der Waals surface area contributed by atoms with Crippen LogP contribution in [0.1, 0.15) is 35.1 Å². The van der Waals surface area contributed by atoms with Crippen LogP contribution in [0.3, 0.4) is 0 Å². The molecule has 0 spiro atoms. The van der Waals surface area contributed by atoms with Crippen LogP contribution in [0.25, 0.3) is 0 Å². The second kappa shape index (κ2) is 7.21. The third-order valence-corrected chi connectivity index (χ3v) is 5.00. The van der Waals surface area contributed by atoms with Crippen LogP contribution in [0, 0.1) is 12.3 Å². The minimum Gasteiger partial charge on any atom is -0.396 e. The number of aliphatic hydroxyl groups excluding tert-OH is 1. The number of nitrogens with one attached hydrogen (secondary N) is 1. The van der Waals surface area contributed by atoms with Gasteiger partial charge in [0.1, 0.15) is 0 Å². The van der Waals surface area contributed by atoms with Gasteiger partial charge in [0.15, 0.2) is 0 Å². The van der Waals surface area contributed by atoms with Crippen molar-refractivity contribution in [3.8, 4) is 0 Å². The second-order valence-electron chi connectivity index (χ2n) is 6.25. The normalized spacial score (nSPS) is 13.3. The van der Waals surface area contributed by atoms with Crippen LogP contribution >= 0.6 is 11.3 Å². The number of thiophene rings is 1. The lowest BCUT2D eigenvalue weighted by molar-refractivity contribution is 0.129. The molecule has 1 aromatic heterocycles. The van der Waals surface area contributed by atoms with Gasteiger partial charge in [-0.2, -0.15) is 0 Å². The summed E-state index contributed by atoms with van der Waals surface area (Å²) in [5, 5.41) is 13.3. The van der Waals surface area contributed by atoms with Gasteiger partial charge in [-0.3, -0.25) is 0 Å². The molecule has 1 aromatic carbocycles. The van der Waals surface area contributed by atoms with Crippen LogP contribution in [0.2, 0.25) is 0 Å². The molecule has 0 amide bonds. The summed E-state index contributed by atoms with van der Waals surface area (Å²) in [6.45, 7) is 8.34. The van der Waals surface area contributed by atoms with Gasteiger partial charge < -0.3 is 10.4 Å². The van der Waals surface area contributed by atoms with Crippen molar-refractivity contribution >= 4 is 11.3 Å². The van der Waals surface area contributed by atoms with Gasteiger partial charge in [0.05, 0.1) is 0 Å². The van der Waals surface area contributed by atoms with Crippen molar-refractivity contribution in [3.05, 3.63) is 57.8 Å². The Bertz CT molecular complexity index is 547. The quantitative estimate of drug-likeness (QED) is 0.812. The molecule has 2 rings (SSSR count). The van der Waals surface area contributed by atoms with Crippen molar-refractivity contribution < 1.29 is 5.11 Å². The van der Waals surface area contributed by atoms with E-state index < -0.39 is 0 Å². The first-order valence-corrected chi connectivity index (χ1v) is 8.26. The lowest BCUT2D eigenvalue weighted by Gasteiger charge is -2.33. The van der Waals surface area contributed by atoms with Gasteiger partial charge in [-0.15, -0.1) is 11.3 Å². The van der Waals surface area contributed by atoms with Crippen molar-refractivity contribution in [3.63, 3.8) is 0 Å². The average molecular weight is 303 g/mol. The van der Waals surface area contributed by atoms with Gasteiger partial charge >= 0.3 is 0 Å².